The summed E-state index contributed by atoms with van der Waals surface area (Å²) in [7, 11) is 0. The molecular weight excluding hydrogens is 444 g/mol. The van der Waals surface area contributed by atoms with Gasteiger partial charge in [-0.1, -0.05) is 0 Å². The fraction of sp³-hybridized carbons (Fsp3) is 0.421. The van der Waals surface area contributed by atoms with E-state index in [1.165, 1.54) is 0 Å². The average molecular weight is 461 g/mol. The molecule has 13 heteroatoms. The molecule has 1 saturated heterocycles. The van der Waals surface area contributed by atoms with E-state index >= 15 is 0 Å². The molecule has 4 heterocycles. The van der Waals surface area contributed by atoms with Crippen LogP contribution in [0.25, 0.3) is 11.3 Å². The molecular formula is C19H17F6N5O2. The number of carbonyl (C=O) groups excluding carboxylic acids is 1. The fourth-order valence-corrected chi connectivity index (χ4v) is 3.70. The van der Waals surface area contributed by atoms with E-state index < -0.39 is 41.5 Å². The summed E-state index contributed by atoms with van der Waals surface area (Å²) in [4.78, 5) is 21.2. The van der Waals surface area contributed by atoms with Gasteiger partial charge in [0, 0.05) is 37.4 Å². The number of cyclic esters (lactones) is 1. The molecule has 0 bridgehead atoms. The molecule has 172 valence electrons. The maximum atomic E-state index is 13.6. The second-order valence-corrected chi connectivity index (χ2v) is 7.47. The maximum Gasteiger partial charge on any atom is 0.430 e. The number of hydrogen-bond donors (Lipinski definition) is 2. The summed E-state index contributed by atoms with van der Waals surface area (Å²) in [5, 5.41) is 5.22. The van der Waals surface area contributed by atoms with Crippen molar-refractivity contribution in [3.63, 3.8) is 0 Å². The van der Waals surface area contributed by atoms with Crippen molar-refractivity contribution >= 4 is 17.7 Å². The summed E-state index contributed by atoms with van der Waals surface area (Å²) < 4.78 is 86.2. The van der Waals surface area contributed by atoms with Crippen molar-refractivity contribution in [2.24, 2.45) is 0 Å². The van der Waals surface area contributed by atoms with Crippen LogP contribution >= 0.6 is 0 Å². The highest BCUT2D eigenvalue weighted by molar-refractivity contribution is 5.89. The van der Waals surface area contributed by atoms with E-state index in [1.807, 2.05) is 6.92 Å². The fourth-order valence-electron chi connectivity index (χ4n) is 3.70. The predicted molar refractivity (Wildman–Crippen MR) is 101 cm³/mol. The number of piperazine rings is 1. The summed E-state index contributed by atoms with van der Waals surface area (Å²) in [6, 6.07) is 2.64. The van der Waals surface area contributed by atoms with Gasteiger partial charge in [-0.3, -0.25) is 5.32 Å². The van der Waals surface area contributed by atoms with Crippen LogP contribution in [0.3, 0.4) is 0 Å². The van der Waals surface area contributed by atoms with Gasteiger partial charge in [0.2, 0.25) is 6.10 Å². The number of halogens is 6. The highest BCUT2D eigenvalue weighted by atomic mass is 19.4. The molecule has 2 aromatic rings. The number of ether oxygens (including phenoxy) is 1. The summed E-state index contributed by atoms with van der Waals surface area (Å²) in [5.41, 5.74) is -2.27. The summed E-state index contributed by atoms with van der Waals surface area (Å²) in [6.07, 6.45) is -12.7. The number of nitrogens with one attached hydrogen (secondary N) is 2. The number of rotatable bonds is 2. The van der Waals surface area contributed by atoms with Crippen molar-refractivity contribution in [2.45, 2.75) is 31.4 Å². The summed E-state index contributed by atoms with van der Waals surface area (Å²) in [5.74, 6) is -0.462. The Morgan fingerprint density at radius 2 is 1.94 bits per heavy atom. The van der Waals surface area contributed by atoms with Gasteiger partial charge in [0.1, 0.15) is 11.6 Å². The molecule has 0 aromatic carbocycles. The van der Waals surface area contributed by atoms with Gasteiger partial charge in [0.05, 0.1) is 16.8 Å². The van der Waals surface area contributed by atoms with E-state index in [4.69, 9.17) is 0 Å². The van der Waals surface area contributed by atoms with Gasteiger partial charge < -0.3 is 15.0 Å². The predicted octanol–water partition coefficient (Wildman–Crippen LogP) is 4.13. The van der Waals surface area contributed by atoms with Gasteiger partial charge in [-0.25, -0.2) is 14.8 Å². The van der Waals surface area contributed by atoms with Gasteiger partial charge >= 0.3 is 18.4 Å². The molecule has 2 aromatic heterocycles. The lowest BCUT2D eigenvalue weighted by molar-refractivity contribution is -0.206. The number of amides is 1. The number of carbonyl (C=O) groups is 1. The van der Waals surface area contributed by atoms with Crippen LogP contribution in [0, 0.1) is 0 Å². The molecule has 0 saturated carbocycles. The third-order valence-electron chi connectivity index (χ3n) is 5.10. The summed E-state index contributed by atoms with van der Waals surface area (Å²) >= 11 is 0. The van der Waals surface area contributed by atoms with Gasteiger partial charge in [-0.05, 0) is 25.1 Å². The van der Waals surface area contributed by atoms with Crippen LogP contribution in [0.4, 0.5) is 42.8 Å². The monoisotopic (exact) mass is 461 g/mol. The first-order valence-electron chi connectivity index (χ1n) is 9.54. The molecule has 2 aliphatic heterocycles. The van der Waals surface area contributed by atoms with Gasteiger partial charge in [-0.2, -0.15) is 26.3 Å². The van der Waals surface area contributed by atoms with Crippen LogP contribution in [-0.4, -0.2) is 47.9 Å². The minimum absolute atomic E-state index is 0.0157. The Balaban J connectivity index is 1.90. The van der Waals surface area contributed by atoms with Gasteiger partial charge in [0.25, 0.3) is 0 Å². The van der Waals surface area contributed by atoms with Crippen LogP contribution in [0.1, 0.15) is 24.2 Å². The second kappa shape index (κ2) is 7.80. The Morgan fingerprint density at radius 3 is 2.59 bits per heavy atom. The highest BCUT2D eigenvalue weighted by Gasteiger charge is 2.49. The lowest BCUT2D eigenvalue weighted by Gasteiger charge is -2.33. The van der Waals surface area contributed by atoms with Crippen LogP contribution < -0.4 is 15.5 Å². The first-order valence-corrected chi connectivity index (χ1v) is 9.54. The molecule has 7 nitrogen and oxygen atoms in total. The third kappa shape index (κ3) is 4.29. The quantitative estimate of drug-likeness (QED) is 0.655. The minimum Gasteiger partial charge on any atom is -0.431 e. The third-order valence-corrected chi connectivity index (χ3v) is 5.10. The van der Waals surface area contributed by atoms with E-state index in [0.717, 1.165) is 18.3 Å². The topological polar surface area (TPSA) is 79.4 Å². The Bertz CT molecular complexity index is 1040. The zero-order valence-electron chi connectivity index (χ0n) is 16.5. The first-order chi connectivity index (χ1) is 14.9. The van der Waals surface area contributed by atoms with Crippen LogP contribution in [0.5, 0.6) is 0 Å². The molecule has 0 aliphatic carbocycles. The molecule has 0 unspecified atom stereocenters. The largest absolute Gasteiger partial charge is 0.431 e. The van der Waals surface area contributed by atoms with E-state index in [-0.39, 0.29) is 23.1 Å². The van der Waals surface area contributed by atoms with E-state index in [9.17, 15) is 31.1 Å². The van der Waals surface area contributed by atoms with E-state index in [1.54, 1.807) is 4.90 Å². The number of aromatic nitrogens is 2. The van der Waals surface area contributed by atoms with Crippen molar-refractivity contribution in [2.75, 3.05) is 29.9 Å². The van der Waals surface area contributed by atoms with Gasteiger partial charge in [-0.15, -0.1) is 0 Å². The second-order valence-electron chi connectivity index (χ2n) is 7.47. The smallest absolute Gasteiger partial charge is 0.430 e. The molecule has 4 rings (SSSR count). The summed E-state index contributed by atoms with van der Waals surface area (Å²) in [6.45, 7) is 3.10. The Labute approximate surface area is 177 Å². The average Bonchev–Trinajstić information content (AvgIpc) is 2.71. The Morgan fingerprint density at radius 1 is 1.19 bits per heavy atom. The molecule has 2 atom stereocenters. The van der Waals surface area contributed by atoms with Crippen molar-refractivity contribution in [3.05, 3.63) is 35.5 Å². The molecule has 1 fully saturated rings. The lowest BCUT2D eigenvalue weighted by Crippen LogP contribution is -2.49. The van der Waals surface area contributed by atoms with Crippen molar-refractivity contribution in [1.82, 2.24) is 15.3 Å². The minimum atomic E-state index is -5.01. The number of pyridine rings is 2. The van der Waals surface area contributed by atoms with Crippen LogP contribution in [-0.2, 0) is 10.9 Å². The normalized spacial score (nSPS) is 21.6. The lowest BCUT2D eigenvalue weighted by atomic mass is 9.98. The molecule has 2 aliphatic rings. The first kappa shape index (κ1) is 22.1. The number of hydrogen-bond acceptors (Lipinski definition) is 6. The molecule has 32 heavy (non-hydrogen) atoms. The highest BCUT2D eigenvalue weighted by Crippen LogP contribution is 2.46. The Kier molecular flexibility index (Phi) is 5.39. The van der Waals surface area contributed by atoms with Gasteiger partial charge in [0.15, 0.2) is 0 Å². The standard InChI is InChI=1S/C19H17F6N5O2/c1-9-8-30(5-4-26-9)13-7-10(18(20,21)22)6-12(28-13)11-2-3-27-16-14(11)15(19(23,24)25)32-17(31)29-16/h2-3,6-7,9,15,26H,4-5,8H2,1H3,(H,27,29,31)/t9-,15-/m0/s1. The zero-order valence-corrected chi connectivity index (χ0v) is 16.5. The number of alkyl halides is 6. The van der Waals surface area contributed by atoms with Crippen molar-refractivity contribution in [1.29, 1.82) is 0 Å². The number of fused-ring (bicyclic) bond motifs is 1. The van der Waals surface area contributed by atoms with Crippen molar-refractivity contribution < 1.29 is 35.9 Å². The molecule has 0 radical (unpaired) electrons. The van der Waals surface area contributed by atoms with E-state index in [2.05, 4.69) is 25.3 Å². The van der Waals surface area contributed by atoms with E-state index in [0.29, 0.717) is 25.7 Å². The maximum absolute atomic E-state index is 13.6. The molecule has 2 N–H and O–H groups in total. The molecule has 0 spiro atoms. The van der Waals surface area contributed by atoms with Crippen LogP contribution in [0.2, 0.25) is 0 Å². The molecule has 1 amide bonds. The van der Waals surface area contributed by atoms with Crippen LogP contribution in [0.15, 0.2) is 24.4 Å². The number of anilines is 2. The zero-order chi connectivity index (χ0) is 23.3. The Hall–Kier alpha value is -3.09. The number of nitrogens with zero attached hydrogens (tertiary/aromatic N) is 3. The van der Waals surface area contributed by atoms with Crippen molar-refractivity contribution in [3.8, 4) is 11.3 Å². The SMILES string of the molecule is C[C@H]1CN(c2cc(C(F)(F)F)cc(-c3ccnc4c3[C@@H](C(F)(F)F)OC(=O)N4)n2)CCN1.